The number of hydrogen-bond acceptors (Lipinski definition) is 4. The lowest BCUT2D eigenvalue weighted by molar-refractivity contribution is -0.135. The monoisotopic (exact) mass is 273 g/mol. The molecule has 0 atom stereocenters. The van der Waals surface area contributed by atoms with Crippen LogP contribution in [0.3, 0.4) is 0 Å². The Labute approximate surface area is 112 Å². The van der Waals surface area contributed by atoms with Crippen LogP contribution in [-0.4, -0.2) is 55.6 Å². The molecule has 2 amide bonds. The van der Waals surface area contributed by atoms with Crippen LogP contribution in [0, 0.1) is 5.41 Å². The van der Waals surface area contributed by atoms with E-state index in [1.54, 1.807) is 14.1 Å². The summed E-state index contributed by atoms with van der Waals surface area (Å²) in [6.45, 7) is 0.857. The highest BCUT2D eigenvalue weighted by Gasteiger charge is 2.42. The zero-order valence-corrected chi connectivity index (χ0v) is 11.5. The molecule has 102 valence electrons. The first kappa shape index (κ1) is 14.8. The third-order valence-corrected chi connectivity index (χ3v) is 3.54. The van der Waals surface area contributed by atoms with Crippen molar-refractivity contribution in [2.45, 2.75) is 12.8 Å². The maximum absolute atomic E-state index is 12.2. The second-order valence-corrected chi connectivity index (χ2v) is 4.97. The van der Waals surface area contributed by atoms with Crippen molar-refractivity contribution in [2.24, 2.45) is 11.1 Å². The van der Waals surface area contributed by atoms with Crippen molar-refractivity contribution in [3.63, 3.8) is 0 Å². The molecule has 6 nitrogen and oxygen atoms in total. The van der Waals surface area contributed by atoms with Crippen molar-refractivity contribution < 1.29 is 14.3 Å². The Bertz CT molecular complexity index is 351. The van der Waals surface area contributed by atoms with Crippen LogP contribution >= 0.6 is 12.2 Å². The van der Waals surface area contributed by atoms with Crippen LogP contribution < -0.4 is 11.1 Å². The van der Waals surface area contributed by atoms with Gasteiger partial charge in [0.05, 0.1) is 11.5 Å². The number of carbonyl (C=O) groups is 2. The topological polar surface area (TPSA) is 84.7 Å². The van der Waals surface area contributed by atoms with Crippen molar-refractivity contribution in [1.82, 2.24) is 10.2 Å². The van der Waals surface area contributed by atoms with Gasteiger partial charge in [-0.2, -0.15) is 0 Å². The minimum Gasteiger partial charge on any atom is -0.392 e. The lowest BCUT2D eigenvalue weighted by atomic mass is 9.79. The van der Waals surface area contributed by atoms with Gasteiger partial charge in [-0.25, -0.2) is 0 Å². The van der Waals surface area contributed by atoms with Crippen molar-refractivity contribution in [3.8, 4) is 0 Å². The Morgan fingerprint density at radius 2 is 1.94 bits per heavy atom. The fourth-order valence-electron chi connectivity index (χ4n) is 1.79. The molecule has 1 rings (SSSR count). The number of ether oxygens (including phenoxy) is 1. The van der Waals surface area contributed by atoms with Gasteiger partial charge in [0.15, 0.2) is 0 Å². The number of carbonyl (C=O) groups excluding carboxylic acids is 2. The molecule has 0 radical (unpaired) electrons. The Hall–Kier alpha value is -1.21. The molecule has 1 aliphatic rings. The number of nitrogens with two attached hydrogens (primary N) is 1. The molecule has 0 aromatic carbocycles. The van der Waals surface area contributed by atoms with Crippen LogP contribution in [0.15, 0.2) is 0 Å². The van der Waals surface area contributed by atoms with Crippen LogP contribution in [-0.2, 0) is 14.3 Å². The average molecular weight is 273 g/mol. The lowest BCUT2D eigenvalue weighted by Gasteiger charge is -2.34. The molecule has 1 saturated heterocycles. The molecule has 1 heterocycles. The van der Waals surface area contributed by atoms with Gasteiger partial charge in [0.1, 0.15) is 5.41 Å². The van der Waals surface area contributed by atoms with Gasteiger partial charge >= 0.3 is 0 Å². The summed E-state index contributed by atoms with van der Waals surface area (Å²) >= 11 is 5.00. The van der Waals surface area contributed by atoms with Crippen molar-refractivity contribution in [3.05, 3.63) is 0 Å². The van der Waals surface area contributed by atoms with Gasteiger partial charge in [0.2, 0.25) is 11.8 Å². The minimum atomic E-state index is -0.875. The van der Waals surface area contributed by atoms with Crippen LogP contribution in [0.1, 0.15) is 12.8 Å². The predicted molar refractivity (Wildman–Crippen MR) is 71.0 cm³/mol. The average Bonchev–Trinajstić information content (AvgIpc) is 2.35. The van der Waals surface area contributed by atoms with E-state index >= 15 is 0 Å². The summed E-state index contributed by atoms with van der Waals surface area (Å²) in [5.74, 6) is -0.456. The summed E-state index contributed by atoms with van der Waals surface area (Å²) < 4.78 is 5.22. The first-order valence-electron chi connectivity index (χ1n) is 5.76. The molecule has 1 fully saturated rings. The van der Waals surface area contributed by atoms with Gasteiger partial charge in [0.25, 0.3) is 0 Å². The fraction of sp³-hybridized carbons (Fsp3) is 0.727. The Balaban J connectivity index is 2.66. The third kappa shape index (κ3) is 3.17. The Kier molecular flexibility index (Phi) is 5.03. The maximum atomic E-state index is 12.2. The van der Waals surface area contributed by atoms with Crippen molar-refractivity contribution in [2.75, 3.05) is 33.9 Å². The van der Waals surface area contributed by atoms with E-state index in [9.17, 15) is 9.59 Å². The predicted octanol–water partition coefficient (Wildman–Crippen LogP) is -0.726. The largest absolute Gasteiger partial charge is 0.392 e. The minimum absolute atomic E-state index is 0.0446. The zero-order valence-electron chi connectivity index (χ0n) is 10.7. The molecule has 0 spiro atoms. The number of hydrogen-bond donors (Lipinski definition) is 2. The fourth-order valence-corrected chi connectivity index (χ4v) is 2.09. The van der Waals surface area contributed by atoms with E-state index in [4.69, 9.17) is 22.7 Å². The number of nitrogens with zero attached hydrogens (tertiary/aromatic N) is 1. The molecule has 1 aliphatic heterocycles. The number of nitrogens with one attached hydrogen (secondary N) is 1. The summed E-state index contributed by atoms with van der Waals surface area (Å²) in [7, 11) is 3.26. The van der Waals surface area contributed by atoms with Gasteiger partial charge in [-0.15, -0.1) is 0 Å². The van der Waals surface area contributed by atoms with E-state index in [0.29, 0.717) is 26.1 Å². The van der Waals surface area contributed by atoms with Crippen LogP contribution in [0.2, 0.25) is 0 Å². The standard InChI is InChI=1S/C11H19N3O3S/c1-14(2)8(15)7-13-10(16)11(9(12)18)3-5-17-6-4-11/h3-7H2,1-2H3,(H2,12,18)(H,13,16). The number of amides is 2. The summed E-state index contributed by atoms with van der Waals surface area (Å²) in [5.41, 5.74) is 4.81. The molecular formula is C11H19N3O3S. The van der Waals surface area contributed by atoms with Gasteiger partial charge in [-0.05, 0) is 12.8 Å². The number of likely N-dealkylation sites (N-methyl/N-ethyl adjacent to an activating group) is 1. The summed E-state index contributed by atoms with van der Waals surface area (Å²) in [6, 6.07) is 0. The molecule has 0 aromatic rings. The molecule has 18 heavy (non-hydrogen) atoms. The first-order chi connectivity index (χ1) is 8.40. The Morgan fingerprint density at radius 3 is 2.39 bits per heavy atom. The molecule has 0 saturated carbocycles. The van der Waals surface area contributed by atoms with Crippen molar-refractivity contribution >= 4 is 29.0 Å². The van der Waals surface area contributed by atoms with E-state index in [0.717, 1.165) is 0 Å². The smallest absolute Gasteiger partial charge is 0.241 e. The molecule has 0 bridgehead atoms. The normalized spacial score (nSPS) is 17.9. The highest BCUT2D eigenvalue weighted by Crippen LogP contribution is 2.31. The highest BCUT2D eigenvalue weighted by molar-refractivity contribution is 7.80. The number of rotatable bonds is 4. The van der Waals surface area contributed by atoms with Crippen LogP contribution in [0.4, 0.5) is 0 Å². The molecule has 7 heteroatoms. The van der Waals surface area contributed by atoms with Crippen LogP contribution in [0.5, 0.6) is 0 Å². The van der Waals surface area contributed by atoms with E-state index in [2.05, 4.69) is 5.32 Å². The summed E-state index contributed by atoms with van der Waals surface area (Å²) in [6.07, 6.45) is 0.925. The Morgan fingerprint density at radius 1 is 1.39 bits per heavy atom. The molecule has 0 aliphatic carbocycles. The van der Waals surface area contributed by atoms with Crippen molar-refractivity contribution in [1.29, 1.82) is 0 Å². The molecule has 3 N–H and O–H groups in total. The van der Waals surface area contributed by atoms with Gasteiger partial charge in [-0.3, -0.25) is 9.59 Å². The zero-order chi connectivity index (χ0) is 13.8. The summed E-state index contributed by atoms with van der Waals surface area (Å²) in [5, 5.41) is 2.60. The van der Waals surface area contributed by atoms with Crippen LogP contribution in [0.25, 0.3) is 0 Å². The first-order valence-corrected chi connectivity index (χ1v) is 6.17. The van der Waals surface area contributed by atoms with E-state index in [1.165, 1.54) is 4.90 Å². The van der Waals surface area contributed by atoms with E-state index < -0.39 is 5.41 Å². The van der Waals surface area contributed by atoms with E-state index in [-0.39, 0.29) is 23.3 Å². The molecule has 0 unspecified atom stereocenters. The quantitative estimate of drug-likeness (QED) is 0.660. The SMILES string of the molecule is CN(C)C(=O)CNC(=O)C1(C(N)=S)CCOCC1. The molecular weight excluding hydrogens is 254 g/mol. The third-order valence-electron chi connectivity index (χ3n) is 3.15. The van der Waals surface area contributed by atoms with E-state index in [1.807, 2.05) is 0 Å². The summed E-state index contributed by atoms with van der Waals surface area (Å²) in [4.78, 5) is 25.2. The second-order valence-electron chi connectivity index (χ2n) is 4.53. The molecule has 0 aromatic heterocycles. The second kappa shape index (κ2) is 6.10. The number of thiocarbonyl (C=S) groups is 1. The lowest BCUT2D eigenvalue weighted by Crippen LogP contribution is -2.53. The maximum Gasteiger partial charge on any atom is 0.241 e. The van der Waals surface area contributed by atoms with Gasteiger partial charge in [-0.1, -0.05) is 12.2 Å². The van der Waals surface area contributed by atoms with Gasteiger partial charge in [0, 0.05) is 27.3 Å². The highest BCUT2D eigenvalue weighted by atomic mass is 32.1. The van der Waals surface area contributed by atoms with Gasteiger partial charge < -0.3 is 20.7 Å².